The Balaban J connectivity index is 1.02. The van der Waals surface area contributed by atoms with Crippen LogP contribution >= 0.6 is 0 Å². The summed E-state index contributed by atoms with van der Waals surface area (Å²) in [5, 5.41) is 13.7. The molecule has 6 amide bonds. The fraction of sp³-hybridized carbons (Fsp3) is 0.548. The summed E-state index contributed by atoms with van der Waals surface area (Å²) in [7, 11) is 3.45. The first-order chi connectivity index (χ1) is 37.7. The summed E-state index contributed by atoms with van der Waals surface area (Å²) in [5.41, 5.74) is 2.63. The number of nitrogens with one attached hydrogen (secondary N) is 4. The third-order valence-electron chi connectivity index (χ3n) is 17.3. The smallest absolute Gasteiger partial charge is 0.253 e. The summed E-state index contributed by atoms with van der Waals surface area (Å²) in [6.45, 7) is 5.80. The van der Waals surface area contributed by atoms with E-state index in [-0.39, 0.29) is 84.1 Å². The zero-order valence-electron chi connectivity index (χ0n) is 46.3. The summed E-state index contributed by atoms with van der Waals surface area (Å²) in [6.07, 6.45) is 13.5. The molecule has 4 fully saturated rings. The van der Waals surface area contributed by atoms with E-state index < -0.39 is 24.2 Å². The predicted octanol–water partition coefficient (Wildman–Crippen LogP) is 7.82. The van der Waals surface area contributed by atoms with Crippen molar-refractivity contribution >= 4 is 46.2 Å². The van der Waals surface area contributed by atoms with E-state index in [1.165, 1.54) is 24.3 Å². The second-order valence-electron chi connectivity index (χ2n) is 22.5. The molecule has 4 N–H and O–H groups in total. The molecule has 0 radical (unpaired) electrons. The number of rotatable bonds is 22. The van der Waals surface area contributed by atoms with Crippen molar-refractivity contribution in [2.45, 2.75) is 153 Å². The Morgan fingerprint density at radius 2 is 0.885 bits per heavy atom. The van der Waals surface area contributed by atoms with Crippen LogP contribution in [0.5, 0.6) is 0 Å². The number of hydrogen-bond donors (Lipinski definition) is 4. The van der Waals surface area contributed by atoms with E-state index in [1.54, 1.807) is 74.1 Å². The summed E-state index contributed by atoms with van der Waals surface area (Å²) in [6, 6.07) is 20.6. The van der Waals surface area contributed by atoms with Crippen LogP contribution in [0.15, 0.2) is 84.9 Å². The van der Waals surface area contributed by atoms with Gasteiger partial charge >= 0.3 is 0 Å². The van der Waals surface area contributed by atoms with Crippen LogP contribution < -0.4 is 21.3 Å². The van der Waals surface area contributed by atoms with Crippen LogP contribution in [0.4, 0.5) is 8.78 Å². The first kappa shape index (κ1) is 57.9. The van der Waals surface area contributed by atoms with Crippen LogP contribution in [0.2, 0.25) is 0 Å². The number of halogens is 2. The molecular weight excluding hydrogens is 991 g/mol. The van der Waals surface area contributed by atoms with Crippen molar-refractivity contribution in [3.8, 4) is 0 Å². The number of amides is 6. The molecule has 2 heterocycles. The molecule has 6 atom stereocenters. The van der Waals surface area contributed by atoms with Gasteiger partial charge in [0.15, 0.2) is 0 Å². The normalized spacial score (nSPS) is 19.7. The number of likely N-dealkylation sites (N-methyl/N-ethyl adjacent to an activating group) is 2. The van der Waals surface area contributed by atoms with Gasteiger partial charge in [-0.05, 0) is 174 Å². The average Bonchev–Trinajstić information content (AvgIpc) is 4.17. The van der Waals surface area contributed by atoms with Gasteiger partial charge in [0.25, 0.3) is 11.8 Å². The van der Waals surface area contributed by atoms with Crippen LogP contribution in [0, 0.1) is 23.5 Å². The maximum absolute atomic E-state index is 14.9. The predicted molar refractivity (Wildman–Crippen MR) is 299 cm³/mol. The fourth-order valence-corrected chi connectivity index (χ4v) is 12.3. The van der Waals surface area contributed by atoms with Gasteiger partial charge in [0.2, 0.25) is 23.6 Å². The number of fused-ring (bicyclic) bond motifs is 1. The quantitative estimate of drug-likeness (QED) is 0.0620. The number of carbonyl (C=O) groups is 6. The van der Waals surface area contributed by atoms with Crippen molar-refractivity contribution < 1.29 is 37.5 Å². The summed E-state index contributed by atoms with van der Waals surface area (Å²) in [4.78, 5) is 93.0. The third-order valence-corrected chi connectivity index (χ3v) is 17.3. The molecular formula is C62H82F2N8O6. The highest BCUT2D eigenvalue weighted by atomic mass is 19.1. The van der Waals surface area contributed by atoms with E-state index in [2.05, 4.69) is 21.3 Å². The lowest BCUT2D eigenvalue weighted by atomic mass is 9.83. The zero-order valence-corrected chi connectivity index (χ0v) is 46.3. The Morgan fingerprint density at radius 1 is 0.513 bits per heavy atom. The Labute approximate surface area is 459 Å². The van der Waals surface area contributed by atoms with Gasteiger partial charge in [-0.3, -0.25) is 28.8 Å². The van der Waals surface area contributed by atoms with Gasteiger partial charge in [0.1, 0.15) is 23.7 Å². The highest BCUT2D eigenvalue weighted by Gasteiger charge is 2.42. The molecule has 0 unspecified atom stereocenters. The molecule has 2 saturated carbocycles. The van der Waals surface area contributed by atoms with Crippen LogP contribution in [0.3, 0.4) is 0 Å². The van der Waals surface area contributed by atoms with E-state index in [0.717, 1.165) is 98.9 Å². The molecule has 4 aromatic carbocycles. The molecule has 4 aliphatic rings. The van der Waals surface area contributed by atoms with E-state index in [9.17, 15) is 37.5 Å². The van der Waals surface area contributed by atoms with E-state index >= 15 is 0 Å². The molecule has 0 spiro atoms. The zero-order chi connectivity index (χ0) is 55.3. The molecule has 0 bridgehead atoms. The van der Waals surface area contributed by atoms with Crippen LogP contribution in [-0.2, 0) is 32.0 Å². The summed E-state index contributed by atoms with van der Waals surface area (Å²) >= 11 is 0. The van der Waals surface area contributed by atoms with Crippen molar-refractivity contribution in [3.05, 3.63) is 119 Å². The molecule has 2 aliphatic heterocycles. The average molecular weight is 1070 g/mol. The molecule has 16 heteroatoms. The van der Waals surface area contributed by atoms with Crippen LogP contribution in [0.25, 0.3) is 10.8 Å². The maximum atomic E-state index is 14.9. The van der Waals surface area contributed by atoms with Gasteiger partial charge in [0, 0.05) is 62.5 Å². The molecule has 0 aromatic heterocycles. The molecule has 14 nitrogen and oxygen atoms in total. The highest BCUT2D eigenvalue weighted by Crippen LogP contribution is 2.32. The molecule has 2 aliphatic carbocycles. The second kappa shape index (κ2) is 27.6. The number of likely N-dealkylation sites (tertiary alicyclic amines) is 2. The lowest BCUT2D eigenvalue weighted by Gasteiger charge is -2.37. The van der Waals surface area contributed by atoms with Gasteiger partial charge in [-0.25, -0.2) is 8.78 Å². The monoisotopic (exact) mass is 1070 g/mol. The van der Waals surface area contributed by atoms with Crippen molar-refractivity contribution in [1.82, 2.24) is 40.9 Å². The second-order valence-corrected chi connectivity index (χ2v) is 22.5. The third kappa shape index (κ3) is 14.7. The van der Waals surface area contributed by atoms with Gasteiger partial charge in [-0.15, -0.1) is 0 Å². The van der Waals surface area contributed by atoms with Crippen molar-refractivity contribution in [2.24, 2.45) is 11.8 Å². The Hall–Kier alpha value is -6.26. The number of carbonyl (C=O) groups excluding carboxylic acids is 6. The minimum absolute atomic E-state index is 0.0286. The SMILES string of the molecule is CN[C@@H](C)C(=O)N[C@H](C(=O)N1CCC[C@H]1CN(CCc1ccc(F)cc1)C(=O)c1ccc2cc(C(=O)N(CCc3ccc(F)cc3)C[C@@H]3CCCN3C(=O)[C@@H](NC(=O)[C@H](C)NC)C3CCCCC3)ccc2c1)C1CCCCC1. The Morgan fingerprint density at radius 3 is 1.24 bits per heavy atom. The lowest BCUT2D eigenvalue weighted by molar-refractivity contribution is -0.139. The lowest BCUT2D eigenvalue weighted by Crippen LogP contribution is -2.57. The molecule has 4 aromatic rings. The molecule has 2 saturated heterocycles. The number of benzene rings is 4. The Kier molecular flexibility index (Phi) is 20.5. The van der Waals surface area contributed by atoms with Crippen molar-refractivity contribution in [3.63, 3.8) is 0 Å². The Bertz CT molecular complexity index is 2510. The van der Waals surface area contributed by atoms with Gasteiger partial charge in [-0.2, -0.15) is 0 Å². The summed E-state index contributed by atoms with van der Waals surface area (Å²) in [5.74, 6) is -1.71. The largest absolute Gasteiger partial charge is 0.343 e. The standard InChI is InChI=1S/C62H82F2N8O6/c1-41(65-3)57(73)67-55(45-13-7-5-8-14-45)61(77)71-33-11-17-53(71)39-69(35-31-43-19-27-51(63)28-20-43)59(75)49-25-23-48-38-50(26-24-47(48)37-49)60(76)70(36-32-44-21-29-52(64)30-22-44)40-54-18-12-34-72(54)62(78)56(46-15-9-6-10-16-46)68-58(74)42(2)66-4/h19-30,37-38,41-42,45-46,53-56,65-66H,5-18,31-36,39-40H2,1-4H3,(H,67,73)(H,68,74)/t41-,42-,53-,54-,55-,56-/m0/s1. The molecule has 78 heavy (non-hydrogen) atoms. The van der Waals surface area contributed by atoms with Gasteiger partial charge < -0.3 is 40.9 Å². The topological polar surface area (TPSA) is 163 Å². The maximum Gasteiger partial charge on any atom is 0.253 e. The van der Waals surface area contributed by atoms with Gasteiger partial charge in [-0.1, -0.05) is 74.9 Å². The fourth-order valence-electron chi connectivity index (χ4n) is 12.3. The summed E-state index contributed by atoms with van der Waals surface area (Å²) < 4.78 is 28.0. The van der Waals surface area contributed by atoms with Crippen LogP contribution in [-0.4, -0.2) is 145 Å². The molecule has 420 valence electrons. The van der Waals surface area contributed by atoms with E-state index in [1.807, 2.05) is 34.1 Å². The molecule has 8 rings (SSSR count). The van der Waals surface area contributed by atoms with E-state index in [0.29, 0.717) is 63.0 Å². The van der Waals surface area contributed by atoms with Gasteiger partial charge in [0.05, 0.1) is 12.1 Å². The first-order valence-electron chi connectivity index (χ1n) is 28.9. The minimum Gasteiger partial charge on any atom is -0.343 e. The number of nitrogens with zero attached hydrogens (tertiary/aromatic N) is 4. The first-order valence-corrected chi connectivity index (χ1v) is 28.9. The highest BCUT2D eigenvalue weighted by molar-refractivity contribution is 6.02. The van der Waals surface area contributed by atoms with E-state index in [4.69, 9.17) is 0 Å². The van der Waals surface area contributed by atoms with Crippen LogP contribution in [0.1, 0.15) is 136 Å². The van der Waals surface area contributed by atoms with Crippen molar-refractivity contribution in [1.29, 1.82) is 0 Å². The number of hydrogen-bond acceptors (Lipinski definition) is 8. The minimum atomic E-state index is -0.657. The van der Waals surface area contributed by atoms with Crippen molar-refractivity contribution in [2.75, 3.05) is 53.4 Å².